The highest BCUT2D eigenvalue weighted by molar-refractivity contribution is 6.03. The maximum atomic E-state index is 12.9. The zero-order chi connectivity index (χ0) is 21.6. The number of nitrogens with zero attached hydrogens (tertiary/aromatic N) is 2. The molecule has 4 rings (SSSR count). The Kier molecular flexibility index (Phi) is 6.08. The summed E-state index contributed by atoms with van der Waals surface area (Å²) < 4.78 is 20.4. The molecule has 0 atom stereocenters. The van der Waals surface area contributed by atoms with Gasteiger partial charge < -0.3 is 10.1 Å². The van der Waals surface area contributed by atoms with Crippen molar-refractivity contribution in [3.8, 4) is 5.75 Å². The average Bonchev–Trinajstić information content (AvgIpc) is 3.12. The Balaban J connectivity index is 1.35. The number of anilines is 1. The van der Waals surface area contributed by atoms with Crippen LogP contribution in [0, 0.1) is 12.7 Å². The molecule has 0 radical (unpaired) electrons. The van der Waals surface area contributed by atoms with Crippen LogP contribution in [0.25, 0.3) is 0 Å². The number of halogens is 1. The fraction of sp³-hybridized carbons (Fsp3) is 0.120. The lowest BCUT2D eigenvalue weighted by Crippen LogP contribution is -2.13. The maximum Gasteiger partial charge on any atom is 0.256 e. The van der Waals surface area contributed by atoms with Crippen LogP contribution in [0.4, 0.5) is 10.2 Å². The fourth-order valence-electron chi connectivity index (χ4n) is 3.13. The van der Waals surface area contributed by atoms with E-state index in [1.807, 2.05) is 60.1 Å². The van der Waals surface area contributed by atoms with Crippen molar-refractivity contribution in [2.24, 2.45) is 0 Å². The van der Waals surface area contributed by atoms with Gasteiger partial charge in [-0.2, -0.15) is 5.10 Å². The quantitative estimate of drug-likeness (QED) is 0.451. The van der Waals surface area contributed by atoms with E-state index in [1.54, 1.807) is 24.3 Å². The van der Waals surface area contributed by atoms with Crippen molar-refractivity contribution in [1.82, 2.24) is 9.78 Å². The van der Waals surface area contributed by atoms with Crippen LogP contribution in [0.5, 0.6) is 5.75 Å². The smallest absolute Gasteiger partial charge is 0.256 e. The summed E-state index contributed by atoms with van der Waals surface area (Å²) in [4.78, 5) is 12.6. The molecule has 0 fully saturated rings. The van der Waals surface area contributed by atoms with Crippen LogP contribution in [0.2, 0.25) is 0 Å². The number of aromatic nitrogens is 2. The first-order valence-electron chi connectivity index (χ1n) is 9.94. The molecule has 0 unspecified atom stereocenters. The van der Waals surface area contributed by atoms with Crippen molar-refractivity contribution >= 4 is 11.7 Å². The Morgan fingerprint density at radius 2 is 1.68 bits per heavy atom. The minimum Gasteiger partial charge on any atom is -0.489 e. The molecular formula is C25H22FN3O2. The van der Waals surface area contributed by atoms with Crippen LogP contribution in [-0.4, -0.2) is 15.7 Å². The number of hydrogen-bond donors (Lipinski definition) is 1. The molecule has 0 bridgehead atoms. The first-order chi connectivity index (χ1) is 15.1. The highest BCUT2D eigenvalue weighted by Crippen LogP contribution is 2.16. The van der Waals surface area contributed by atoms with E-state index in [0.717, 1.165) is 16.8 Å². The lowest BCUT2D eigenvalue weighted by atomic mass is 10.1. The van der Waals surface area contributed by atoms with Crippen LogP contribution < -0.4 is 10.1 Å². The van der Waals surface area contributed by atoms with E-state index < -0.39 is 0 Å². The average molecular weight is 415 g/mol. The lowest BCUT2D eigenvalue weighted by molar-refractivity contribution is 0.102. The van der Waals surface area contributed by atoms with E-state index in [2.05, 4.69) is 10.4 Å². The largest absolute Gasteiger partial charge is 0.489 e. The number of ether oxygens (including phenoxy) is 1. The monoisotopic (exact) mass is 415 g/mol. The Morgan fingerprint density at radius 1 is 0.968 bits per heavy atom. The minimum atomic E-state index is -0.303. The molecule has 1 aromatic heterocycles. The Hall–Kier alpha value is -3.93. The highest BCUT2D eigenvalue weighted by atomic mass is 19.1. The number of carbonyl (C=O) groups excluding carboxylic acids is 1. The summed E-state index contributed by atoms with van der Waals surface area (Å²) >= 11 is 0. The van der Waals surface area contributed by atoms with Gasteiger partial charge in [-0.15, -0.1) is 0 Å². The molecule has 156 valence electrons. The van der Waals surface area contributed by atoms with Crippen molar-refractivity contribution in [3.05, 3.63) is 113 Å². The van der Waals surface area contributed by atoms with E-state index in [1.165, 1.54) is 12.1 Å². The minimum absolute atomic E-state index is 0.227. The molecule has 0 saturated heterocycles. The normalized spacial score (nSPS) is 10.6. The lowest BCUT2D eigenvalue weighted by Gasteiger charge is -2.07. The van der Waals surface area contributed by atoms with E-state index in [4.69, 9.17) is 4.74 Å². The third kappa shape index (κ3) is 5.36. The van der Waals surface area contributed by atoms with E-state index in [-0.39, 0.29) is 11.7 Å². The van der Waals surface area contributed by atoms with Crippen molar-refractivity contribution in [2.75, 3.05) is 5.32 Å². The van der Waals surface area contributed by atoms with Gasteiger partial charge in [-0.3, -0.25) is 9.48 Å². The number of carbonyl (C=O) groups is 1. The summed E-state index contributed by atoms with van der Waals surface area (Å²) in [6.07, 6.45) is 0. The van der Waals surface area contributed by atoms with E-state index in [9.17, 15) is 9.18 Å². The molecule has 1 heterocycles. The topological polar surface area (TPSA) is 56.1 Å². The van der Waals surface area contributed by atoms with Gasteiger partial charge in [0.15, 0.2) is 5.82 Å². The SMILES string of the molecule is Cc1cc(NC(=O)c2ccc(COc3ccc(F)cc3)cc2)nn1Cc1ccccc1. The van der Waals surface area contributed by atoms with Crippen molar-refractivity contribution in [1.29, 1.82) is 0 Å². The number of rotatable bonds is 7. The molecule has 31 heavy (non-hydrogen) atoms. The zero-order valence-corrected chi connectivity index (χ0v) is 17.1. The maximum absolute atomic E-state index is 12.9. The van der Waals surface area contributed by atoms with Crippen molar-refractivity contribution in [2.45, 2.75) is 20.1 Å². The molecule has 1 N–H and O–H groups in total. The molecule has 0 aliphatic carbocycles. The number of amides is 1. The Morgan fingerprint density at radius 3 is 2.39 bits per heavy atom. The van der Waals surface area contributed by atoms with E-state index in [0.29, 0.717) is 30.3 Å². The summed E-state index contributed by atoms with van der Waals surface area (Å²) in [5.74, 6) is 0.574. The second-order valence-corrected chi connectivity index (χ2v) is 7.21. The summed E-state index contributed by atoms with van der Waals surface area (Å²) in [5, 5.41) is 7.35. The van der Waals surface area contributed by atoms with Gasteiger partial charge in [0.1, 0.15) is 18.2 Å². The third-order valence-electron chi connectivity index (χ3n) is 4.83. The van der Waals surface area contributed by atoms with Crippen LogP contribution in [0.15, 0.2) is 84.9 Å². The van der Waals surface area contributed by atoms with Gasteiger partial charge in [-0.25, -0.2) is 4.39 Å². The zero-order valence-electron chi connectivity index (χ0n) is 17.1. The fourth-order valence-corrected chi connectivity index (χ4v) is 3.13. The summed E-state index contributed by atoms with van der Waals surface area (Å²) in [6, 6.07) is 24.9. The summed E-state index contributed by atoms with van der Waals surface area (Å²) in [6.45, 7) is 2.93. The highest BCUT2D eigenvalue weighted by Gasteiger charge is 2.11. The van der Waals surface area contributed by atoms with Gasteiger partial charge in [-0.05, 0) is 54.4 Å². The van der Waals surface area contributed by atoms with Gasteiger partial charge in [0.25, 0.3) is 5.91 Å². The second-order valence-electron chi connectivity index (χ2n) is 7.21. The molecule has 0 saturated carbocycles. The van der Waals surface area contributed by atoms with Gasteiger partial charge in [0.05, 0.1) is 6.54 Å². The second kappa shape index (κ2) is 9.26. The molecule has 0 aliphatic rings. The number of nitrogens with one attached hydrogen (secondary N) is 1. The molecule has 3 aromatic carbocycles. The predicted molar refractivity (Wildman–Crippen MR) is 118 cm³/mol. The molecular weight excluding hydrogens is 393 g/mol. The molecule has 1 amide bonds. The van der Waals surface area contributed by atoms with Gasteiger partial charge in [-0.1, -0.05) is 42.5 Å². The van der Waals surface area contributed by atoms with Gasteiger partial charge >= 0.3 is 0 Å². The standard InChI is InChI=1S/C25H22FN3O2/c1-18-15-24(28-29(18)16-19-5-3-2-4-6-19)27-25(30)21-9-7-20(8-10-21)17-31-23-13-11-22(26)12-14-23/h2-15H,16-17H2,1H3,(H,27,28,30). The van der Waals surface area contributed by atoms with Crippen molar-refractivity contribution in [3.63, 3.8) is 0 Å². The molecule has 0 aliphatic heterocycles. The van der Waals surface area contributed by atoms with Crippen LogP contribution >= 0.6 is 0 Å². The molecule has 0 spiro atoms. The van der Waals surface area contributed by atoms with Crippen molar-refractivity contribution < 1.29 is 13.9 Å². The first-order valence-corrected chi connectivity index (χ1v) is 9.94. The number of aryl methyl sites for hydroxylation is 1. The van der Waals surface area contributed by atoms with Crippen LogP contribution in [-0.2, 0) is 13.2 Å². The third-order valence-corrected chi connectivity index (χ3v) is 4.83. The summed E-state index contributed by atoms with van der Waals surface area (Å²) in [7, 11) is 0. The number of hydrogen-bond acceptors (Lipinski definition) is 3. The number of benzene rings is 3. The Bertz CT molecular complexity index is 1150. The van der Waals surface area contributed by atoms with E-state index >= 15 is 0 Å². The predicted octanol–water partition coefficient (Wildman–Crippen LogP) is 5.21. The first kappa shape index (κ1) is 20.3. The van der Waals surface area contributed by atoms with Gasteiger partial charge in [0, 0.05) is 17.3 Å². The molecule has 6 heteroatoms. The van der Waals surface area contributed by atoms with Gasteiger partial charge in [0.2, 0.25) is 0 Å². The molecule has 5 nitrogen and oxygen atoms in total. The summed E-state index contributed by atoms with van der Waals surface area (Å²) in [5.41, 5.74) is 3.54. The van der Waals surface area contributed by atoms with Crippen LogP contribution in [0.3, 0.4) is 0 Å². The van der Waals surface area contributed by atoms with Crippen LogP contribution in [0.1, 0.15) is 27.2 Å². The molecule has 4 aromatic rings. The Labute approximate surface area is 180 Å².